The van der Waals surface area contributed by atoms with Gasteiger partial charge in [-0.2, -0.15) is 18.3 Å². The lowest BCUT2D eigenvalue weighted by Crippen LogP contribution is -2.12. The zero-order valence-electron chi connectivity index (χ0n) is 15.1. The minimum atomic E-state index is -4.47. The van der Waals surface area contributed by atoms with Crippen LogP contribution >= 0.6 is 0 Å². The molecule has 0 unspecified atom stereocenters. The van der Waals surface area contributed by atoms with Gasteiger partial charge in [0.1, 0.15) is 0 Å². The highest BCUT2D eigenvalue weighted by Crippen LogP contribution is 2.43. The largest absolute Gasteiger partial charge is 0.435 e. The van der Waals surface area contributed by atoms with Crippen LogP contribution in [-0.2, 0) is 6.18 Å². The number of alkyl halides is 3. The molecule has 0 aliphatic heterocycles. The fourth-order valence-corrected chi connectivity index (χ4v) is 3.41. The highest BCUT2D eigenvalue weighted by atomic mass is 19.4. The Morgan fingerprint density at radius 3 is 2.39 bits per heavy atom. The maximum atomic E-state index is 13.1. The second kappa shape index (κ2) is 6.51. The summed E-state index contributed by atoms with van der Waals surface area (Å²) in [6.07, 6.45) is -2.72. The summed E-state index contributed by atoms with van der Waals surface area (Å²) >= 11 is 0. The van der Waals surface area contributed by atoms with Gasteiger partial charge in [-0.05, 0) is 60.7 Å². The van der Waals surface area contributed by atoms with Crippen LogP contribution in [0.5, 0.6) is 0 Å². The predicted molar refractivity (Wildman–Crippen MR) is 99.2 cm³/mol. The van der Waals surface area contributed by atoms with Gasteiger partial charge in [-0.3, -0.25) is 4.79 Å². The first-order valence-electron chi connectivity index (χ1n) is 8.93. The molecule has 28 heavy (non-hydrogen) atoms. The highest BCUT2D eigenvalue weighted by Gasteiger charge is 2.38. The number of rotatable bonds is 4. The van der Waals surface area contributed by atoms with Crippen molar-refractivity contribution < 1.29 is 18.0 Å². The maximum absolute atomic E-state index is 13.1. The van der Waals surface area contributed by atoms with E-state index in [1.165, 1.54) is 4.68 Å². The summed E-state index contributed by atoms with van der Waals surface area (Å²) in [5, 5.41) is 3.80. The molecule has 4 nitrogen and oxygen atoms in total. The van der Waals surface area contributed by atoms with Crippen LogP contribution in [0.15, 0.2) is 48.5 Å². The molecule has 2 N–H and O–H groups in total. The standard InChI is InChI=1S/C21H18F3N3O/c1-12-16(3-2-4-17(12)20(25)28)13-7-9-15(10-8-13)27-18(14-5-6-14)11-19(26-27)21(22,23)24/h2-4,7-11,14H,5-6H2,1H3,(H2,25,28). The number of hydrogen-bond acceptors (Lipinski definition) is 2. The van der Waals surface area contributed by atoms with Crippen molar-refractivity contribution in [2.24, 2.45) is 5.73 Å². The van der Waals surface area contributed by atoms with Crippen molar-refractivity contribution in [3.05, 3.63) is 71.0 Å². The van der Waals surface area contributed by atoms with Gasteiger partial charge in [0.15, 0.2) is 5.69 Å². The minimum absolute atomic E-state index is 0.123. The molecule has 0 radical (unpaired) electrons. The molecule has 7 heteroatoms. The number of nitrogens with zero attached hydrogens (tertiary/aromatic N) is 2. The summed E-state index contributed by atoms with van der Waals surface area (Å²) in [4.78, 5) is 11.6. The number of primary amides is 1. The number of carbonyl (C=O) groups is 1. The number of hydrogen-bond donors (Lipinski definition) is 1. The average molecular weight is 385 g/mol. The molecule has 0 atom stereocenters. The van der Waals surface area contributed by atoms with Crippen LogP contribution in [0.2, 0.25) is 0 Å². The summed E-state index contributed by atoms with van der Waals surface area (Å²) < 4.78 is 40.7. The van der Waals surface area contributed by atoms with Crippen molar-refractivity contribution in [2.45, 2.75) is 31.9 Å². The van der Waals surface area contributed by atoms with Gasteiger partial charge in [0, 0.05) is 17.2 Å². The van der Waals surface area contributed by atoms with Crippen molar-refractivity contribution in [1.82, 2.24) is 9.78 Å². The van der Waals surface area contributed by atoms with Crippen LogP contribution in [0, 0.1) is 6.92 Å². The predicted octanol–water partition coefficient (Wildman–Crippen LogP) is 4.84. The molecule has 1 aliphatic carbocycles. The Hall–Kier alpha value is -3.09. The van der Waals surface area contributed by atoms with Crippen molar-refractivity contribution in [1.29, 1.82) is 0 Å². The summed E-state index contributed by atoms with van der Waals surface area (Å²) in [5.74, 6) is -0.376. The van der Waals surface area contributed by atoms with E-state index in [-0.39, 0.29) is 5.92 Å². The summed E-state index contributed by atoms with van der Waals surface area (Å²) in [7, 11) is 0. The molecule has 1 aromatic heterocycles. The normalized spacial score (nSPS) is 14.3. The van der Waals surface area contributed by atoms with Crippen molar-refractivity contribution >= 4 is 5.91 Å². The molecule has 144 valence electrons. The molecule has 0 bridgehead atoms. The molecule has 1 heterocycles. The van der Waals surface area contributed by atoms with E-state index in [0.29, 0.717) is 16.9 Å². The van der Waals surface area contributed by atoms with E-state index in [1.807, 2.05) is 25.1 Å². The van der Waals surface area contributed by atoms with Gasteiger partial charge < -0.3 is 5.73 Å². The zero-order valence-corrected chi connectivity index (χ0v) is 15.1. The van der Waals surface area contributed by atoms with Gasteiger partial charge in [0.25, 0.3) is 0 Å². The van der Waals surface area contributed by atoms with Gasteiger partial charge in [0.05, 0.1) is 5.69 Å². The Kier molecular flexibility index (Phi) is 4.25. The average Bonchev–Trinajstić information content (AvgIpc) is 3.39. The van der Waals surface area contributed by atoms with E-state index in [9.17, 15) is 18.0 Å². The first kappa shape index (κ1) is 18.3. The van der Waals surface area contributed by atoms with E-state index in [4.69, 9.17) is 5.73 Å². The lowest BCUT2D eigenvalue weighted by molar-refractivity contribution is -0.141. The van der Waals surface area contributed by atoms with Gasteiger partial charge in [-0.25, -0.2) is 4.68 Å². The number of nitrogens with two attached hydrogens (primary N) is 1. The molecular formula is C21H18F3N3O. The molecule has 1 saturated carbocycles. The fourth-order valence-electron chi connectivity index (χ4n) is 3.41. The quantitative estimate of drug-likeness (QED) is 0.698. The third kappa shape index (κ3) is 3.28. The molecule has 3 aromatic rings. The number of benzene rings is 2. The van der Waals surface area contributed by atoms with E-state index < -0.39 is 17.8 Å². The van der Waals surface area contributed by atoms with Crippen LogP contribution in [0.1, 0.15) is 46.1 Å². The van der Waals surface area contributed by atoms with Crippen LogP contribution in [0.3, 0.4) is 0 Å². The summed E-state index contributed by atoms with van der Waals surface area (Å²) in [6, 6.07) is 13.6. The van der Waals surface area contributed by atoms with Crippen molar-refractivity contribution in [3.8, 4) is 16.8 Å². The topological polar surface area (TPSA) is 60.9 Å². The number of carbonyl (C=O) groups excluding carboxylic acids is 1. The van der Waals surface area contributed by atoms with E-state index in [1.54, 1.807) is 24.3 Å². The Balaban J connectivity index is 1.73. The lowest BCUT2D eigenvalue weighted by Gasteiger charge is -2.11. The highest BCUT2D eigenvalue weighted by molar-refractivity contribution is 5.96. The van der Waals surface area contributed by atoms with Crippen LogP contribution < -0.4 is 5.73 Å². The zero-order chi connectivity index (χ0) is 20.1. The van der Waals surface area contributed by atoms with E-state index in [0.717, 1.165) is 35.6 Å². The Labute approximate surface area is 159 Å². The molecule has 2 aromatic carbocycles. The lowest BCUT2D eigenvalue weighted by atomic mass is 9.96. The Bertz CT molecular complexity index is 1050. The molecule has 4 rings (SSSR count). The van der Waals surface area contributed by atoms with Crippen LogP contribution in [-0.4, -0.2) is 15.7 Å². The number of amides is 1. The van der Waals surface area contributed by atoms with E-state index in [2.05, 4.69) is 5.10 Å². The first-order chi connectivity index (χ1) is 13.3. The maximum Gasteiger partial charge on any atom is 0.435 e. The first-order valence-corrected chi connectivity index (χ1v) is 8.93. The van der Waals surface area contributed by atoms with Gasteiger partial charge in [-0.15, -0.1) is 0 Å². The molecule has 1 aliphatic rings. The SMILES string of the molecule is Cc1c(C(N)=O)cccc1-c1ccc(-n2nc(C(F)(F)F)cc2C2CC2)cc1. The smallest absolute Gasteiger partial charge is 0.366 e. The number of halogens is 3. The Morgan fingerprint density at radius 2 is 1.82 bits per heavy atom. The number of aromatic nitrogens is 2. The van der Waals surface area contributed by atoms with Crippen molar-refractivity contribution in [2.75, 3.05) is 0 Å². The third-order valence-electron chi connectivity index (χ3n) is 5.05. The van der Waals surface area contributed by atoms with Gasteiger partial charge in [0.2, 0.25) is 5.91 Å². The summed E-state index contributed by atoms with van der Waals surface area (Å²) in [6.45, 7) is 1.82. The molecular weight excluding hydrogens is 367 g/mol. The van der Waals surface area contributed by atoms with Crippen molar-refractivity contribution in [3.63, 3.8) is 0 Å². The Morgan fingerprint density at radius 1 is 1.14 bits per heavy atom. The monoisotopic (exact) mass is 385 g/mol. The van der Waals surface area contributed by atoms with Gasteiger partial charge in [-0.1, -0.05) is 24.3 Å². The van der Waals surface area contributed by atoms with Crippen LogP contribution in [0.25, 0.3) is 16.8 Å². The third-order valence-corrected chi connectivity index (χ3v) is 5.05. The second-order valence-corrected chi connectivity index (χ2v) is 7.03. The molecule has 0 saturated heterocycles. The molecule has 0 spiro atoms. The van der Waals surface area contributed by atoms with Gasteiger partial charge >= 0.3 is 6.18 Å². The fraction of sp³-hybridized carbons (Fsp3) is 0.238. The van der Waals surface area contributed by atoms with Crippen LogP contribution in [0.4, 0.5) is 13.2 Å². The van der Waals surface area contributed by atoms with E-state index >= 15 is 0 Å². The summed E-state index contributed by atoms with van der Waals surface area (Å²) in [5.41, 5.74) is 8.60. The molecule has 1 fully saturated rings. The second-order valence-electron chi connectivity index (χ2n) is 7.03. The minimum Gasteiger partial charge on any atom is -0.366 e. The molecule has 1 amide bonds.